The molecule has 0 unspecified atom stereocenters. The molecule has 3 nitrogen and oxygen atoms in total. The van der Waals surface area contributed by atoms with Gasteiger partial charge in [0.1, 0.15) is 0 Å². The molecule has 0 aromatic heterocycles. The Hall–Kier alpha value is 0.0900. The molecule has 0 bridgehead atoms. The minimum absolute atomic E-state index is 0.287. The second-order valence-electron chi connectivity index (χ2n) is 5.15. The Balaban J connectivity index is 2.50. The smallest absolute Gasteiger partial charge is 0.0848 e. The van der Waals surface area contributed by atoms with Crippen molar-refractivity contribution in [2.45, 2.75) is 31.3 Å². The molecule has 1 saturated heterocycles. The highest BCUT2D eigenvalue weighted by Crippen LogP contribution is 2.27. The average Bonchev–Trinajstić information content (AvgIpc) is 2.48. The molecule has 0 aliphatic carbocycles. The van der Waals surface area contributed by atoms with Crippen molar-refractivity contribution in [2.75, 3.05) is 36.3 Å². The topological polar surface area (TPSA) is 27.3 Å². The lowest BCUT2D eigenvalue weighted by Crippen LogP contribution is -2.64. The van der Waals surface area contributed by atoms with Crippen molar-refractivity contribution in [3.05, 3.63) is 24.6 Å². The third kappa shape index (κ3) is 6.00. The van der Waals surface area contributed by atoms with E-state index in [-0.39, 0.29) is 6.04 Å². The zero-order valence-corrected chi connectivity index (χ0v) is 15.8. The maximum absolute atomic E-state index is 4.25. The molecular weight excluding hydrogens is 318 g/mol. The second kappa shape index (κ2) is 10.8. The van der Waals surface area contributed by atoms with Crippen LogP contribution in [0.1, 0.15) is 19.3 Å². The predicted octanol–water partition coefficient (Wildman–Crippen LogP) is 2.99. The van der Waals surface area contributed by atoms with Gasteiger partial charge in [0, 0.05) is 17.9 Å². The van der Waals surface area contributed by atoms with Crippen molar-refractivity contribution in [3.63, 3.8) is 0 Å². The average molecular weight is 348 g/mol. The highest BCUT2D eigenvalue weighted by atomic mass is 32.2. The van der Waals surface area contributed by atoms with Crippen molar-refractivity contribution in [2.24, 2.45) is 0 Å². The standard InChI is InChI=1S/C15H29N3S3/c1-12(16-8-5-9-19)15(7-11-21-4)18-13(2)14(17-18)6-10-20-3/h14-17,19H,1-2,5-11H2,3-4H3/t14-,15-/m0/s1. The van der Waals surface area contributed by atoms with Crippen molar-refractivity contribution in [1.29, 1.82) is 0 Å². The van der Waals surface area contributed by atoms with Crippen LogP contribution < -0.4 is 10.7 Å². The highest BCUT2D eigenvalue weighted by molar-refractivity contribution is 7.98. The van der Waals surface area contributed by atoms with Crippen LogP contribution in [0.2, 0.25) is 0 Å². The summed E-state index contributed by atoms with van der Waals surface area (Å²) in [5.74, 6) is 3.20. The van der Waals surface area contributed by atoms with E-state index < -0.39 is 0 Å². The van der Waals surface area contributed by atoms with Crippen LogP contribution in [-0.2, 0) is 0 Å². The summed E-state index contributed by atoms with van der Waals surface area (Å²) in [6, 6.07) is 0.717. The molecule has 0 aromatic rings. The molecule has 0 aromatic carbocycles. The number of thioether (sulfide) groups is 2. The van der Waals surface area contributed by atoms with Crippen molar-refractivity contribution in [3.8, 4) is 0 Å². The van der Waals surface area contributed by atoms with Crippen LogP contribution in [0.15, 0.2) is 24.6 Å². The molecule has 1 fully saturated rings. The third-order valence-corrected chi connectivity index (χ3v) is 5.22. The maximum Gasteiger partial charge on any atom is 0.0848 e. The van der Waals surface area contributed by atoms with Gasteiger partial charge in [0.25, 0.3) is 0 Å². The fourth-order valence-electron chi connectivity index (χ4n) is 2.32. The summed E-state index contributed by atoms with van der Waals surface area (Å²) in [6.45, 7) is 9.42. The molecule has 1 aliphatic rings. The summed E-state index contributed by atoms with van der Waals surface area (Å²) in [5, 5.41) is 5.65. The van der Waals surface area contributed by atoms with Gasteiger partial charge in [-0.2, -0.15) is 36.2 Å². The summed E-state index contributed by atoms with van der Waals surface area (Å²) < 4.78 is 0. The van der Waals surface area contributed by atoms with Gasteiger partial charge in [-0.15, -0.1) is 0 Å². The molecule has 1 rings (SSSR count). The van der Waals surface area contributed by atoms with Gasteiger partial charge in [0.05, 0.1) is 12.1 Å². The van der Waals surface area contributed by atoms with E-state index in [2.05, 4.69) is 54.0 Å². The molecule has 0 amide bonds. The van der Waals surface area contributed by atoms with Gasteiger partial charge in [-0.05, 0) is 49.0 Å². The van der Waals surface area contributed by atoms with E-state index in [9.17, 15) is 0 Å². The number of hydrazine groups is 1. The van der Waals surface area contributed by atoms with Gasteiger partial charge in [-0.3, -0.25) is 0 Å². The molecule has 6 heteroatoms. The fourth-order valence-corrected chi connectivity index (χ4v) is 3.41. The monoisotopic (exact) mass is 347 g/mol. The number of nitrogens with one attached hydrogen (secondary N) is 2. The molecular formula is C15H29N3S3. The zero-order chi connectivity index (χ0) is 15.7. The Kier molecular flexibility index (Phi) is 9.80. The molecule has 0 radical (unpaired) electrons. The molecule has 0 saturated carbocycles. The van der Waals surface area contributed by atoms with Gasteiger partial charge in [0.15, 0.2) is 0 Å². The highest BCUT2D eigenvalue weighted by Gasteiger charge is 2.35. The molecule has 0 spiro atoms. The second-order valence-corrected chi connectivity index (χ2v) is 7.57. The Labute approximate surface area is 144 Å². The van der Waals surface area contributed by atoms with Gasteiger partial charge in [-0.25, -0.2) is 5.43 Å². The molecule has 21 heavy (non-hydrogen) atoms. The Morgan fingerprint density at radius 2 is 2.14 bits per heavy atom. The predicted molar refractivity (Wildman–Crippen MR) is 103 cm³/mol. The third-order valence-electron chi connectivity index (χ3n) is 3.61. The van der Waals surface area contributed by atoms with Crippen LogP contribution in [0.5, 0.6) is 0 Å². The van der Waals surface area contributed by atoms with Crippen LogP contribution >= 0.6 is 36.2 Å². The summed E-state index contributed by atoms with van der Waals surface area (Å²) >= 11 is 8.01. The van der Waals surface area contributed by atoms with E-state index in [0.717, 1.165) is 43.0 Å². The van der Waals surface area contributed by atoms with Crippen molar-refractivity contribution in [1.82, 2.24) is 15.8 Å². The first kappa shape index (κ1) is 19.1. The molecule has 122 valence electrons. The minimum atomic E-state index is 0.287. The Morgan fingerprint density at radius 3 is 2.71 bits per heavy atom. The van der Waals surface area contributed by atoms with Gasteiger partial charge < -0.3 is 10.3 Å². The van der Waals surface area contributed by atoms with E-state index >= 15 is 0 Å². The van der Waals surface area contributed by atoms with Crippen LogP contribution in [-0.4, -0.2) is 53.4 Å². The lowest BCUT2D eigenvalue weighted by molar-refractivity contribution is 0.0708. The number of nitrogens with zero attached hydrogens (tertiary/aromatic N) is 1. The van der Waals surface area contributed by atoms with E-state index in [0.29, 0.717) is 6.04 Å². The van der Waals surface area contributed by atoms with Gasteiger partial charge in [-0.1, -0.05) is 13.2 Å². The van der Waals surface area contributed by atoms with Crippen molar-refractivity contribution >= 4 is 36.2 Å². The number of hydrogen-bond acceptors (Lipinski definition) is 6. The lowest BCUT2D eigenvalue weighted by atomic mass is 10.0. The first-order chi connectivity index (χ1) is 10.2. The van der Waals surface area contributed by atoms with Gasteiger partial charge >= 0.3 is 0 Å². The summed E-state index contributed by atoms with van der Waals surface area (Å²) in [4.78, 5) is 0. The quantitative estimate of drug-likeness (QED) is 0.373. The molecule has 1 heterocycles. The van der Waals surface area contributed by atoms with Gasteiger partial charge in [0.2, 0.25) is 0 Å². The minimum Gasteiger partial charge on any atom is -0.387 e. The number of hydrogen-bond donors (Lipinski definition) is 3. The van der Waals surface area contributed by atoms with Crippen LogP contribution in [0.3, 0.4) is 0 Å². The molecule has 1 aliphatic heterocycles. The van der Waals surface area contributed by atoms with Crippen molar-refractivity contribution < 1.29 is 0 Å². The van der Waals surface area contributed by atoms with E-state index in [1.165, 1.54) is 11.4 Å². The number of thiol groups is 1. The SMILES string of the molecule is C=C(NCCCS)[C@H](CCSC)N1N[C@@H](CCSC)C1=C. The molecule has 2 N–H and O–H groups in total. The summed E-state index contributed by atoms with van der Waals surface area (Å²) in [7, 11) is 0. The van der Waals surface area contributed by atoms with Crippen LogP contribution in [0.25, 0.3) is 0 Å². The molecule has 2 atom stereocenters. The number of rotatable bonds is 12. The van der Waals surface area contributed by atoms with Crippen LogP contribution in [0.4, 0.5) is 0 Å². The fraction of sp³-hybridized carbons (Fsp3) is 0.733. The Bertz CT molecular complexity index is 336. The first-order valence-corrected chi connectivity index (χ1v) is 10.8. The Morgan fingerprint density at radius 1 is 1.43 bits per heavy atom. The summed E-state index contributed by atoms with van der Waals surface area (Å²) in [5.41, 5.74) is 5.83. The van der Waals surface area contributed by atoms with Crippen LogP contribution in [0, 0.1) is 0 Å². The van der Waals surface area contributed by atoms with E-state index in [1.807, 2.05) is 23.5 Å². The maximum atomic E-state index is 4.25. The van der Waals surface area contributed by atoms with E-state index in [4.69, 9.17) is 0 Å². The van der Waals surface area contributed by atoms with E-state index in [1.54, 1.807) is 0 Å². The normalized spacial score (nSPS) is 19.3. The zero-order valence-electron chi connectivity index (χ0n) is 13.2. The first-order valence-electron chi connectivity index (χ1n) is 7.41. The largest absolute Gasteiger partial charge is 0.387 e. The summed E-state index contributed by atoms with van der Waals surface area (Å²) in [6.07, 6.45) is 7.57. The lowest BCUT2D eigenvalue weighted by Gasteiger charge is -2.49.